The molecule has 7 heteroatoms. The van der Waals surface area contributed by atoms with Gasteiger partial charge in [-0.1, -0.05) is 30.4 Å². The van der Waals surface area contributed by atoms with Gasteiger partial charge in [-0.2, -0.15) is 8.78 Å². The van der Waals surface area contributed by atoms with Gasteiger partial charge in [0.15, 0.2) is 9.84 Å². The molecular weight excluding hydrogens is 278 g/mol. The van der Waals surface area contributed by atoms with Crippen LogP contribution >= 0.6 is 0 Å². The molecule has 0 aromatic heterocycles. The highest BCUT2D eigenvalue weighted by atomic mass is 32.2. The van der Waals surface area contributed by atoms with Gasteiger partial charge in [0.1, 0.15) is 0 Å². The Morgan fingerprint density at radius 1 is 1.42 bits per heavy atom. The maximum Gasteiger partial charge on any atom is 0.379 e. The number of carbonyl (C=O) groups is 1. The average molecular weight is 290 g/mol. The summed E-state index contributed by atoms with van der Waals surface area (Å²) in [7, 11) is -3.18. The highest BCUT2D eigenvalue weighted by molar-refractivity contribution is 7.90. The van der Waals surface area contributed by atoms with E-state index in [0.717, 1.165) is 18.4 Å². The van der Waals surface area contributed by atoms with Crippen LogP contribution in [0.25, 0.3) is 6.08 Å². The van der Waals surface area contributed by atoms with Crippen LogP contribution in [-0.2, 0) is 20.6 Å². The van der Waals surface area contributed by atoms with Crippen LogP contribution in [0.2, 0.25) is 0 Å². The number of carboxylic acid groups (broad SMARTS) is 1. The Labute approximate surface area is 109 Å². The molecule has 0 aliphatic heterocycles. The van der Waals surface area contributed by atoms with E-state index in [9.17, 15) is 22.0 Å². The third kappa shape index (κ3) is 4.44. The summed E-state index contributed by atoms with van der Waals surface area (Å²) in [5.74, 6) is -6.42. The number of sulfone groups is 1. The fraction of sp³-hybridized carbons (Fsp3) is 0.250. The van der Waals surface area contributed by atoms with Crippen molar-refractivity contribution in [2.75, 3.05) is 12.0 Å². The Hall–Kier alpha value is -1.76. The Morgan fingerprint density at radius 2 is 2.05 bits per heavy atom. The maximum atomic E-state index is 13.3. The van der Waals surface area contributed by atoms with E-state index in [1.165, 1.54) is 24.3 Å². The van der Waals surface area contributed by atoms with Gasteiger partial charge in [0.2, 0.25) is 0 Å². The van der Waals surface area contributed by atoms with Crippen molar-refractivity contribution in [2.24, 2.45) is 0 Å². The van der Waals surface area contributed by atoms with Crippen molar-refractivity contribution >= 4 is 21.9 Å². The van der Waals surface area contributed by atoms with Gasteiger partial charge in [-0.25, -0.2) is 13.2 Å². The second kappa shape index (κ2) is 5.48. The lowest BCUT2D eigenvalue weighted by Crippen LogP contribution is -2.25. The van der Waals surface area contributed by atoms with E-state index in [1.807, 2.05) is 0 Å². The molecule has 0 unspecified atom stereocenters. The van der Waals surface area contributed by atoms with Gasteiger partial charge in [0.25, 0.3) is 0 Å². The maximum absolute atomic E-state index is 13.3. The fourth-order valence-corrected chi connectivity index (χ4v) is 1.77. The van der Waals surface area contributed by atoms with Crippen LogP contribution in [0, 0.1) is 0 Å². The standard InChI is InChI=1S/C12H12F2O4S/c1-19(17,18)7-3-5-9-4-2-6-10(8-9)12(13,14)11(15)16/h2-6,8H,7H2,1H3,(H,15,16)/b5-3+. The Bertz CT molecular complexity index is 606. The molecule has 0 aliphatic rings. The van der Waals surface area contributed by atoms with Gasteiger partial charge < -0.3 is 5.11 Å². The molecule has 1 aromatic rings. The molecule has 0 saturated heterocycles. The van der Waals surface area contributed by atoms with Crippen LogP contribution < -0.4 is 0 Å². The topological polar surface area (TPSA) is 71.4 Å². The number of hydrogen-bond donors (Lipinski definition) is 1. The number of halogens is 2. The number of carboxylic acids is 1. The first-order valence-electron chi connectivity index (χ1n) is 5.19. The first-order valence-corrected chi connectivity index (χ1v) is 7.25. The van der Waals surface area contributed by atoms with Crippen molar-refractivity contribution < 1.29 is 27.1 Å². The highest BCUT2D eigenvalue weighted by Gasteiger charge is 2.40. The summed E-state index contributed by atoms with van der Waals surface area (Å²) in [5.41, 5.74) is -0.344. The van der Waals surface area contributed by atoms with Crippen molar-refractivity contribution in [3.8, 4) is 0 Å². The Morgan fingerprint density at radius 3 is 2.58 bits per heavy atom. The molecule has 0 bridgehead atoms. The van der Waals surface area contributed by atoms with E-state index in [4.69, 9.17) is 5.11 Å². The van der Waals surface area contributed by atoms with Crippen molar-refractivity contribution in [1.29, 1.82) is 0 Å². The normalized spacial score (nSPS) is 12.8. The molecule has 4 nitrogen and oxygen atoms in total. The summed E-state index contributed by atoms with van der Waals surface area (Å²) in [6, 6.07) is 4.77. The summed E-state index contributed by atoms with van der Waals surface area (Å²) in [6.07, 6.45) is 3.71. The molecular formula is C12H12F2O4S. The number of aliphatic carboxylic acids is 1. The molecule has 0 radical (unpaired) electrons. The van der Waals surface area contributed by atoms with E-state index >= 15 is 0 Å². The van der Waals surface area contributed by atoms with E-state index < -0.39 is 27.3 Å². The zero-order chi connectivity index (χ0) is 14.7. The minimum atomic E-state index is -3.97. The monoisotopic (exact) mass is 290 g/mol. The first kappa shape index (κ1) is 15.3. The number of alkyl halides is 2. The molecule has 19 heavy (non-hydrogen) atoms. The molecule has 1 N–H and O–H groups in total. The molecule has 0 fully saturated rings. The predicted octanol–water partition coefficient (Wildman–Crippen LogP) is 1.92. The zero-order valence-corrected chi connectivity index (χ0v) is 10.8. The Kier molecular flexibility index (Phi) is 4.41. The minimum Gasteiger partial charge on any atom is -0.477 e. The molecule has 0 aliphatic carbocycles. The molecule has 0 saturated carbocycles. The van der Waals surface area contributed by atoms with Crippen LogP contribution in [-0.4, -0.2) is 31.5 Å². The molecule has 0 spiro atoms. The van der Waals surface area contributed by atoms with E-state index in [1.54, 1.807) is 0 Å². The van der Waals surface area contributed by atoms with Crippen LogP contribution in [0.5, 0.6) is 0 Å². The first-order chi connectivity index (χ1) is 8.63. The number of hydrogen-bond acceptors (Lipinski definition) is 3. The van der Waals surface area contributed by atoms with Crippen molar-refractivity contribution in [2.45, 2.75) is 5.92 Å². The largest absolute Gasteiger partial charge is 0.477 e. The fourth-order valence-electron chi connectivity index (χ4n) is 1.32. The summed E-state index contributed by atoms with van der Waals surface area (Å²) in [4.78, 5) is 10.4. The highest BCUT2D eigenvalue weighted by Crippen LogP contribution is 2.28. The number of rotatable bonds is 5. The summed E-state index contributed by atoms with van der Waals surface area (Å²) < 4.78 is 48.3. The van der Waals surface area contributed by atoms with Crippen LogP contribution in [0.1, 0.15) is 11.1 Å². The number of benzene rings is 1. The lowest BCUT2D eigenvalue weighted by atomic mass is 10.1. The quantitative estimate of drug-likeness (QED) is 0.899. The Balaban J connectivity index is 2.99. The average Bonchev–Trinajstić information content (AvgIpc) is 2.27. The van der Waals surface area contributed by atoms with Crippen LogP contribution in [0.3, 0.4) is 0 Å². The predicted molar refractivity (Wildman–Crippen MR) is 66.7 cm³/mol. The molecule has 104 valence electrons. The van der Waals surface area contributed by atoms with Gasteiger partial charge in [-0.05, 0) is 11.6 Å². The van der Waals surface area contributed by atoms with Crippen LogP contribution in [0.15, 0.2) is 30.3 Å². The molecule has 1 aromatic carbocycles. The zero-order valence-electron chi connectivity index (χ0n) is 10.0. The van der Waals surface area contributed by atoms with Crippen LogP contribution in [0.4, 0.5) is 8.78 Å². The third-order valence-electron chi connectivity index (χ3n) is 2.23. The smallest absolute Gasteiger partial charge is 0.379 e. The molecule has 0 amide bonds. The summed E-state index contributed by atoms with van der Waals surface area (Å²) >= 11 is 0. The summed E-state index contributed by atoms with van der Waals surface area (Å²) in [5, 5.41) is 8.42. The molecule has 0 heterocycles. The molecule has 1 rings (SSSR count). The van der Waals surface area contributed by atoms with Gasteiger partial charge in [0, 0.05) is 11.8 Å². The van der Waals surface area contributed by atoms with E-state index in [2.05, 4.69) is 0 Å². The molecule has 0 atom stereocenters. The van der Waals surface area contributed by atoms with Gasteiger partial charge in [0.05, 0.1) is 5.75 Å². The van der Waals surface area contributed by atoms with Gasteiger partial charge >= 0.3 is 11.9 Å². The second-order valence-electron chi connectivity index (χ2n) is 4.00. The minimum absolute atomic E-state index is 0.216. The van der Waals surface area contributed by atoms with Gasteiger partial charge in [-0.15, -0.1) is 0 Å². The van der Waals surface area contributed by atoms with E-state index in [-0.39, 0.29) is 5.75 Å². The van der Waals surface area contributed by atoms with Crippen molar-refractivity contribution in [1.82, 2.24) is 0 Å². The van der Waals surface area contributed by atoms with Gasteiger partial charge in [-0.3, -0.25) is 0 Å². The lowest BCUT2D eigenvalue weighted by Gasteiger charge is -2.11. The van der Waals surface area contributed by atoms with Crippen molar-refractivity contribution in [3.05, 3.63) is 41.5 Å². The summed E-state index contributed by atoms with van der Waals surface area (Å²) in [6.45, 7) is 0. The third-order valence-corrected chi connectivity index (χ3v) is 3.03. The second-order valence-corrected chi connectivity index (χ2v) is 6.18. The van der Waals surface area contributed by atoms with E-state index in [0.29, 0.717) is 5.56 Å². The SMILES string of the molecule is CS(=O)(=O)C/C=C/c1cccc(C(F)(F)C(=O)O)c1. The van der Waals surface area contributed by atoms with Crippen molar-refractivity contribution in [3.63, 3.8) is 0 Å². The lowest BCUT2D eigenvalue weighted by molar-refractivity contribution is -0.166.